The largest absolute Gasteiger partial charge is 0.300 e. The smallest absolute Gasteiger partial charge is 0.133 e. The minimum absolute atomic E-state index is 0.544. The summed E-state index contributed by atoms with van der Waals surface area (Å²) < 4.78 is 0. The van der Waals surface area contributed by atoms with E-state index >= 15 is 0 Å². The molecule has 0 amide bonds. The third-order valence-electron chi connectivity index (χ3n) is 4.62. The van der Waals surface area contributed by atoms with Gasteiger partial charge in [-0.15, -0.1) is 0 Å². The Morgan fingerprint density at radius 2 is 2.25 bits per heavy atom. The van der Waals surface area contributed by atoms with Gasteiger partial charge >= 0.3 is 0 Å². The highest BCUT2D eigenvalue weighted by atomic mass is 16.1. The van der Waals surface area contributed by atoms with E-state index in [2.05, 4.69) is 0 Å². The van der Waals surface area contributed by atoms with E-state index in [1.54, 1.807) is 0 Å². The van der Waals surface area contributed by atoms with E-state index in [1.807, 2.05) is 0 Å². The number of carbonyl (C=O) groups excluding carboxylic acids is 1. The molecule has 1 heteroatoms. The second-order valence-electron chi connectivity index (χ2n) is 5.07. The lowest BCUT2D eigenvalue weighted by atomic mass is 9.43. The molecule has 0 aromatic rings. The quantitative estimate of drug-likeness (QED) is 0.537. The van der Waals surface area contributed by atoms with Crippen molar-refractivity contribution in [3.05, 3.63) is 0 Å². The lowest BCUT2D eigenvalue weighted by molar-refractivity contribution is -0.149. The molecule has 3 atom stereocenters. The number of ketones is 1. The molecule has 0 radical (unpaired) electrons. The van der Waals surface area contributed by atoms with E-state index in [9.17, 15) is 4.79 Å². The van der Waals surface area contributed by atoms with Crippen molar-refractivity contribution < 1.29 is 4.79 Å². The van der Waals surface area contributed by atoms with Gasteiger partial charge in [0.15, 0.2) is 0 Å². The fraction of sp³-hybridized carbons (Fsp3) is 0.909. The fourth-order valence-electron chi connectivity index (χ4n) is 3.99. The molecule has 0 aromatic heterocycles. The van der Waals surface area contributed by atoms with Gasteiger partial charge in [0.05, 0.1) is 0 Å². The van der Waals surface area contributed by atoms with Gasteiger partial charge in [0, 0.05) is 12.8 Å². The molecular formula is C11H16O. The van der Waals surface area contributed by atoms with Crippen LogP contribution in [0, 0.1) is 17.3 Å². The Morgan fingerprint density at radius 1 is 1.33 bits per heavy atom. The molecule has 0 aliphatic heterocycles. The van der Waals surface area contributed by atoms with Gasteiger partial charge in [0.2, 0.25) is 0 Å². The summed E-state index contributed by atoms with van der Waals surface area (Å²) in [5, 5.41) is 0. The number of hydrogen-bond acceptors (Lipinski definition) is 1. The predicted octanol–water partition coefficient (Wildman–Crippen LogP) is 2.55. The summed E-state index contributed by atoms with van der Waals surface area (Å²) in [7, 11) is 0. The summed E-state index contributed by atoms with van der Waals surface area (Å²) in [5.41, 5.74) is 0.677. The number of fused-ring (bicyclic) bond motifs is 2. The molecule has 0 saturated heterocycles. The van der Waals surface area contributed by atoms with Gasteiger partial charge in [-0.1, -0.05) is 12.8 Å². The molecule has 1 nitrogen and oxygen atoms in total. The second-order valence-corrected chi connectivity index (χ2v) is 5.07. The number of hydrogen-bond donors (Lipinski definition) is 0. The molecule has 0 heterocycles. The topological polar surface area (TPSA) is 17.1 Å². The Labute approximate surface area is 73.5 Å². The molecule has 3 unspecified atom stereocenters. The molecule has 12 heavy (non-hydrogen) atoms. The van der Waals surface area contributed by atoms with Crippen LogP contribution in [0.1, 0.15) is 44.9 Å². The van der Waals surface area contributed by atoms with Crippen LogP contribution in [0.15, 0.2) is 0 Å². The van der Waals surface area contributed by atoms with Crippen LogP contribution in [0.4, 0.5) is 0 Å². The summed E-state index contributed by atoms with van der Waals surface area (Å²) in [5.74, 6) is 2.32. The van der Waals surface area contributed by atoms with Gasteiger partial charge in [-0.25, -0.2) is 0 Å². The number of carbonyl (C=O) groups is 1. The first kappa shape index (κ1) is 7.11. The molecule has 0 aromatic carbocycles. The maximum absolute atomic E-state index is 11.3. The summed E-state index contributed by atoms with van der Waals surface area (Å²) >= 11 is 0. The molecule has 1 spiro atoms. The summed E-state index contributed by atoms with van der Waals surface area (Å²) in [4.78, 5) is 11.3. The standard InChI is InChI=1S/C11H16O/c12-9-3-5-11-4-1-2-8(7-11)10(11)6-9/h8,10H,1-7H2. The molecule has 3 fully saturated rings. The Morgan fingerprint density at radius 3 is 3.08 bits per heavy atom. The summed E-state index contributed by atoms with van der Waals surface area (Å²) in [6, 6.07) is 0. The minimum Gasteiger partial charge on any atom is -0.300 e. The van der Waals surface area contributed by atoms with Crippen molar-refractivity contribution >= 4 is 5.78 Å². The summed E-state index contributed by atoms with van der Waals surface area (Å²) in [6.45, 7) is 0. The first-order valence-corrected chi connectivity index (χ1v) is 5.32. The first-order valence-electron chi connectivity index (χ1n) is 5.32. The zero-order valence-electron chi connectivity index (χ0n) is 7.51. The zero-order valence-corrected chi connectivity index (χ0v) is 7.51. The molecule has 3 aliphatic rings. The van der Waals surface area contributed by atoms with Crippen LogP contribution in [0.25, 0.3) is 0 Å². The second kappa shape index (κ2) is 2.12. The van der Waals surface area contributed by atoms with Crippen LogP contribution in [0.5, 0.6) is 0 Å². The maximum atomic E-state index is 11.3. The van der Waals surface area contributed by atoms with Crippen LogP contribution in [-0.4, -0.2) is 5.78 Å². The van der Waals surface area contributed by atoms with Crippen molar-refractivity contribution in [3.8, 4) is 0 Å². The Kier molecular flexibility index (Phi) is 1.26. The Hall–Kier alpha value is -0.330. The molecule has 3 aliphatic carbocycles. The third kappa shape index (κ3) is 0.725. The highest BCUT2D eigenvalue weighted by Crippen LogP contribution is 2.65. The van der Waals surface area contributed by atoms with E-state index < -0.39 is 0 Å². The summed E-state index contributed by atoms with van der Waals surface area (Å²) in [6.07, 6.45) is 8.81. The number of Topliss-reactive ketones (excluding diaryl/α,β-unsaturated/α-hetero) is 1. The van der Waals surface area contributed by atoms with Crippen LogP contribution in [0.3, 0.4) is 0 Å². The van der Waals surface area contributed by atoms with Crippen molar-refractivity contribution in [1.29, 1.82) is 0 Å². The van der Waals surface area contributed by atoms with Crippen molar-refractivity contribution in [1.82, 2.24) is 0 Å². The van der Waals surface area contributed by atoms with E-state index in [1.165, 1.54) is 32.1 Å². The minimum atomic E-state index is 0.544. The average Bonchev–Trinajstić information content (AvgIpc) is 2.10. The van der Waals surface area contributed by atoms with Gasteiger partial charge in [0.25, 0.3) is 0 Å². The third-order valence-corrected chi connectivity index (χ3v) is 4.62. The fourth-order valence-corrected chi connectivity index (χ4v) is 3.99. The average molecular weight is 164 g/mol. The highest BCUT2D eigenvalue weighted by molar-refractivity contribution is 5.80. The van der Waals surface area contributed by atoms with E-state index in [0.29, 0.717) is 11.2 Å². The van der Waals surface area contributed by atoms with Crippen molar-refractivity contribution in [3.63, 3.8) is 0 Å². The van der Waals surface area contributed by atoms with Gasteiger partial charge in [0.1, 0.15) is 5.78 Å². The molecular weight excluding hydrogens is 148 g/mol. The van der Waals surface area contributed by atoms with E-state index in [4.69, 9.17) is 0 Å². The van der Waals surface area contributed by atoms with Gasteiger partial charge in [-0.05, 0) is 36.5 Å². The Balaban J connectivity index is 1.86. The molecule has 3 saturated carbocycles. The van der Waals surface area contributed by atoms with Gasteiger partial charge in [-0.2, -0.15) is 0 Å². The normalized spacial score (nSPS) is 51.2. The monoisotopic (exact) mass is 164 g/mol. The predicted molar refractivity (Wildman–Crippen MR) is 46.7 cm³/mol. The first-order chi connectivity index (χ1) is 5.80. The lowest BCUT2D eigenvalue weighted by Crippen LogP contribution is -2.54. The Bertz CT molecular complexity index is 229. The van der Waals surface area contributed by atoms with Crippen LogP contribution in [-0.2, 0) is 4.79 Å². The maximum Gasteiger partial charge on any atom is 0.133 e. The number of rotatable bonds is 0. The van der Waals surface area contributed by atoms with E-state index in [-0.39, 0.29) is 0 Å². The SMILES string of the molecule is O=C1CCC23CCCC(C2)C3C1. The van der Waals surface area contributed by atoms with Crippen molar-refractivity contribution in [2.24, 2.45) is 17.3 Å². The van der Waals surface area contributed by atoms with Gasteiger partial charge < -0.3 is 0 Å². The van der Waals surface area contributed by atoms with Crippen LogP contribution in [0.2, 0.25) is 0 Å². The highest BCUT2D eigenvalue weighted by Gasteiger charge is 2.57. The van der Waals surface area contributed by atoms with E-state index in [0.717, 1.165) is 24.7 Å². The van der Waals surface area contributed by atoms with Crippen molar-refractivity contribution in [2.75, 3.05) is 0 Å². The van der Waals surface area contributed by atoms with Gasteiger partial charge in [-0.3, -0.25) is 4.79 Å². The molecule has 2 bridgehead atoms. The lowest BCUT2D eigenvalue weighted by Gasteiger charge is -2.61. The molecule has 0 N–H and O–H groups in total. The molecule has 66 valence electrons. The van der Waals surface area contributed by atoms with Crippen molar-refractivity contribution in [2.45, 2.75) is 44.9 Å². The zero-order chi connectivity index (χ0) is 8.18. The van der Waals surface area contributed by atoms with Crippen LogP contribution >= 0.6 is 0 Å². The van der Waals surface area contributed by atoms with Crippen LogP contribution < -0.4 is 0 Å². The molecule has 3 rings (SSSR count).